The lowest BCUT2D eigenvalue weighted by molar-refractivity contribution is 0.297. The predicted octanol–water partition coefficient (Wildman–Crippen LogP) is 5.62. The van der Waals surface area contributed by atoms with Crippen LogP contribution in [0.3, 0.4) is 0 Å². The van der Waals surface area contributed by atoms with Crippen LogP contribution in [0.1, 0.15) is 25.0 Å². The Kier molecular flexibility index (Phi) is 6.89. The fraction of sp³-hybridized carbons (Fsp3) is 0.250. The fourth-order valence-corrected chi connectivity index (χ4v) is 2.45. The molecule has 2 aromatic carbocycles. The third-order valence-corrected chi connectivity index (χ3v) is 3.67. The van der Waals surface area contributed by atoms with E-state index in [9.17, 15) is 0 Å². The number of hydrogen-bond donors (Lipinski definition) is 0. The number of aryl methyl sites for hydroxylation is 1. The van der Waals surface area contributed by atoms with Crippen molar-refractivity contribution in [2.75, 3.05) is 13.2 Å². The Morgan fingerprint density at radius 2 is 1.88 bits per heavy atom. The van der Waals surface area contributed by atoms with Gasteiger partial charge in [-0.1, -0.05) is 43.3 Å². The van der Waals surface area contributed by atoms with E-state index in [1.807, 2.05) is 31.2 Å². The lowest BCUT2D eigenvalue weighted by atomic mass is 10.1. The van der Waals surface area contributed by atoms with Crippen LogP contribution in [0.5, 0.6) is 11.5 Å². The Labute approximate surface area is 148 Å². The maximum Gasteiger partial charge on any atom is 0.180 e. The third-order valence-electron chi connectivity index (χ3n) is 3.38. The first-order valence-corrected chi connectivity index (χ1v) is 8.38. The minimum absolute atomic E-state index is 0.372. The molecular weight excluding hydrogens is 322 g/mol. The Morgan fingerprint density at radius 1 is 1.12 bits per heavy atom. The van der Waals surface area contributed by atoms with E-state index in [1.54, 1.807) is 12.3 Å². The number of hydrogen-bond acceptors (Lipinski definition) is 3. The van der Waals surface area contributed by atoms with E-state index in [0.717, 1.165) is 17.7 Å². The molecule has 0 fully saturated rings. The van der Waals surface area contributed by atoms with Gasteiger partial charge >= 0.3 is 0 Å². The average Bonchev–Trinajstić information content (AvgIpc) is 2.60. The molecule has 0 radical (unpaired) electrons. The topological polar surface area (TPSA) is 30.8 Å². The van der Waals surface area contributed by atoms with Gasteiger partial charge in [-0.2, -0.15) is 0 Å². The fourth-order valence-electron chi connectivity index (χ4n) is 2.17. The highest BCUT2D eigenvalue weighted by molar-refractivity contribution is 6.32. The number of nitrogens with zero attached hydrogens (tertiary/aromatic N) is 1. The highest BCUT2D eigenvalue weighted by Crippen LogP contribution is 2.36. The summed E-state index contributed by atoms with van der Waals surface area (Å²) in [5.74, 6) is 1.14. The standard InChI is InChI=1S/C20H22ClNO2/c1-4-11-24-20-18(21)12-16(13-19(20)23-6-3)14-22-17-9-7-15(5-2)8-10-17/h4,7-10,12-14H,1,5-6,11H2,2-3H3. The van der Waals surface area contributed by atoms with Gasteiger partial charge < -0.3 is 9.47 Å². The van der Waals surface area contributed by atoms with Crippen LogP contribution in [-0.2, 0) is 6.42 Å². The number of benzene rings is 2. The highest BCUT2D eigenvalue weighted by atomic mass is 35.5. The molecule has 0 aliphatic rings. The minimum Gasteiger partial charge on any atom is -0.490 e. The molecule has 0 saturated carbocycles. The van der Waals surface area contributed by atoms with Crippen LogP contribution in [0.25, 0.3) is 0 Å². The monoisotopic (exact) mass is 343 g/mol. The first kappa shape index (κ1) is 18.1. The van der Waals surface area contributed by atoms with Crippen molar-refractivity contribution in [1.29, 1.82) is 0 Å². The molecule has 0 N–H and O–H groups in total. The van der Waals surface area contributed by atoms with Gasteiger partial charge in [-0.05, 0) is 48.7 Å². The molecule has 0 amide bonds. The number of aliphatic imine (C=N–C) groups is 1. The van der Waals surface area contributed by atoms with Crippen molar-refractivity contribution in [2.24, 2.45) is 4.99 Å². The lowest BCUT2D eigenvalue weighted by Crippen LogP contribution is -2.00. The summed E-state index contributed by atoms with van der Waals surface area (Å²) in [6.45, 7) is 8.59. The van der Waals surface area contributed by atoms with Gasteiger partial charge in [0.05, 0.1) is 17.3 Å². The second-order valence-electron chi connectivity index (χ2n) is 5.14. The van der Waals surface area contributed by atoms with Crippen LogP contribution in [0.4, 0.5) is 5.69 Å². The molecule has 3 nitrogen and oxygen atoms in total. The Bertz CT molecular complexity index is 708. The molecule has 0 bridgehead atoms. The smallest absolute Gasteiger partial charge is 0.180 e. The summed E-state index contributed by atoms with van der Waals surface area (Å²) in [7, 11) is 0. The van der Waals surface area contributed by atoms with Crippen molar-refractivity contribution in [2.45, 2.75) is 20.3 Å². The van der Waals surface area contributed by atoms with Crippen LogP contribution in [0, 0.1) is 0 Å². The first-order valence-electron chi connectivity index (χ1n) is 8.01. The van der Waals surface area contributed by atoms with Crippen LogP contribution in [0.2, 0.25) is 5.02 Å². The summed E-state index contributed by atoms with van der Waals surface area (Å²) in [5.41, 5.74) is 3.04. The summed E-state index contributed by atoms with van der Waals surface area (Å²) >= 11 is 6.33. The highest BCUT2D eigenvalue weighted by Gasteiger charge is 2.11. The quantitative estimate of drug-likeness (QED) is 0.460. The van der Waals surface area contributed by atoms with Crippen LogP contribution < -0.4 is 9.47 Å². The zero-order valence-electron chi connectivity index (χ0n) is 14.1. The molecule has 0 atom stereocenters. The molecule has 2 rings (SSSR count). The van der Waals surface area contributed by atoms with E-state index < -0.39 is 0 Å². The zero-order chi connectivity index (χ0) is 17.4. The van der Waals surface area contributed by atoms with Crippen molar-refractivity contribution < 1.29 is 9.47 Å². The molecule has 0 aliphatic carbocycles. The van der Waals surface area contributed by atoms with E-state index in [1.165, 1.54) is 5.56 Å². The van der Waals surface area contributed by atoms with Crippen LogP contribution in [0.15, 0.2) is 54.0 Å². The van der Waals surface area contributed by atoms with E-state index in [4.69, 9.17) is 21.1 Å². The van der Waals surface area contributed by atoms with E-state index >= 15 is 0 Å². The van der Waals surface area contributed by atoms with Gasteiger partial charge in [-0.3, -0.25) is 4.99 Å². The van der Waals surface area contributed by atoms with Crippen LogP contribution in [-0.4, -0.2) is 19.4 Å². The number of ether oxygens (including phenoxy) is 2. The molecule has 126 valence electrons. The third kappa shape index (κ3) is 4.87. The summed E-state index contributed by atoms with van der Waals surface area (Å²) in [6, 6.07) is 11.9. The van der Waals surface area contributed by atoms with Crippen molar-refractivity contribution in [1.82, 2.24) is 0 Å². The Morgan fingerprint density at radius 3 is 2.50 bits per heavy atom. The SMILES string of the molecule is C=CCOc1c(Cl)cc(C=Nc2ccc(CC)cc2)cc1OCC. The average molecular weight is 344 g/mol. The molecule has 0 unspecified atom stereocenters. The lowest BCUT2D eigenvalue weighted by Gasteiger charge is -2.13. The normalized spacial score (nSPS) is 10.8. The van der Waals surface area contributed by atoms with Crippen LogP contribution >= 0.6 is 11.6 Å². The zero-order valence-corrected chi connectivity index (χ0v) is 14.8. The van der Waals surface area contributed by atoms with Gasteiger partial charge in [0.2, 0.25) is 0 Å². The summed E-state index contributed by atoms with van der Waals surface area (Å²) < 4.78 is 11.2. The second-order valence-corrected chi connectivity index (χ2v) is 5.55. The van der Waals surface area contributed by atoms with Gasteiger partial charge in [0.1, 0.15) is 6.61 Å². The van der Waals surface area contributed by atoms with Gasteiger partial charge in [0.25, 0.3) is 0 Å². The molecular formula is C20H22ClNO2. The summed E-state index contributed by atoms with van der Waals surface area (Å²) in [4.78, 5) is 4.49. The molecule has 4 heteroatoms. The second kappa shape index (κ2) is 9.14. The van der Waals surface area contributed by atoms with E-state index in [0.29, 0.717) is 29.7 Å². The van der Waals surface area contributed by atoms with Gasteiger partial charge in [0, 0.05) is 6.21 Å². The largest absolute Gasteiger partial charge is 0.490 e. The van der Waals surface area contributed by atoms with Gasteiger partial charge in [0.15, 0.2) is 11.5 Å². The number of rotatable bonds is 8. The van der Waals surface area contributed by atoms with E-state index in [2.05, 4.69) is 30.6 Å². The molecule has 24 heavy (non-hydrogen) atoms. The summed E-state index contributed by atoms with van der Waals surface area (Å²) in [6.07, 6.45) is 4.46. The maximum absolute atomic E-state index is 6.33. The Hall–Kier alpha value is -2.26. The molecule has 0 aliphatic heterocycles. The van der Waals surface area contributed by atoms with E-state index in [-0.39, 0.29) is 0 Å². The molecule has 2 aromatic rings. The number of halogens is 1. The Balaban J connectivity index is 2.25. The van der Waals surface area contributed by atoms with Crippen molar-refractivity contribution in [3.63, 3.8) is 0 Å². The maximum atomic E-state index is 6.33. The van der Waals surface area contributed by atoms with Crippen molar-refractivity contribution in [3.8, 4) is 11.5 Å². The molecule has 0 spiro atoms. The van der Waals surface area contributed by atoms with Crippen molar-refractivity contribution in [3.05, 3.63) is 65.2 Å². The van der Waals surface area contributed by atoms with Gasteiger partial charge in [-0.15, -0.1) is 0 Å². The predicted molar refractivity (Wildman–Crippen MR) is 101 cm³/mol. The molecule has 0 heterocycles. The molecule has 0 saturated heterocycles. The van der Waals surface area contributed by atoms with Crippen molar-refractivity contribution >= 4 is 23.5 Å². The van der Waals surface area contributed by atoms with Gasteiger partial charge in [-0.25, -0.2) is 0 Å². The molecule has 0 aromatic heterocycles. The minimum atomic E-state index is 0.372. The first-order chi connectivity index (χ1) is 11.7. The summed E-state index contributed by atoms with van der Waals surface area (Å²) in [5, 5.41) is 0.491.